The van der Waals surface area contributed by atoms with E-state index in [1.165, 1.54) is 0 Å². The summed E-state index contributed by atoms with van der Waals surface area (Å²) in [4.78, 5) is 23.7. The molecule has 0 aliphatic rings. The molecule has 0 saturated carbocycles. The van der Waals surface area contributed by atoms with Gasteiger partial charge in [0.15, 0.2) is 0 Å². The third-order valence-electron chi connectivity index (χ3n) is 2.70. The van der Waals surface area contributed by atoms with Crippen molar-refractivity contribution in [1.29, 1.82) is 0 Å². The molecular weight excluding hydrogens is 232 g/mol. The van der Waals surface area contributed by atoms with Crippen molar-refractivity contribution in [1.82, 2.24) is 10.2 Å². The van der Waals surface area contributed by atoms with Gasteiger partial charge in [-0.15, -0.1) is 6.58 Å². The van der Waals surface area contributed by atoms with E-state index >= 15 is 0 Å². The minimum Gasteiger partial charge on any atom is -0.481 e. The number of nitrogens with one attached hydrogen (secondary N) is 1. The molecule has 1 unspecified atom stereocenters. The molecule has 0 aliphatic carbocycles. The van der Waals surface area contributed by atoms with Crippen molar-refractivity contribution in [3.63, 3.8) is 0 Å². The van der Waals surface area contributed by atoms with Gasteiger partial charge < -0.3 is 15.3 Å². The van der Waals surface area contributed by atoms with Crippen molar-refractivity contribution in [3.05, 3.63) is 12.7 Å². The number of amides is 2. The highest BCUT2D eigenvalue weighted by Crippen LogP contribution is 2.04. The SMILES string of the molecule is C=CCCCN(C)C(=O)NCC(C)CCC(=O)O. The highest BCUT2D eigenvalue weighted by molar-refractivity contribution is 5.73. The van der Waals surface area contributed by atoms with Gasteiger partial charge in [-0.25, -0.2) is 4.79 Å². The molecule has 1 atom stereocenters. The number of hydrogen-bond donors (Lipinski definition) is 2. The van der Waals surface area contributed by atoms with Crippen LogP contribution in [0.15, 0.2) is 12.7 Å². The summed E-state index contributed by atoms with van der Waals surface area (Å²) in [5.74, 6) is -0.624. The standard InChI is InChI=1S/C13H24N2O3/c1-4-5-6-9-15(3)13(18)14-10-11(2)7-8-12(16)17/h4,11H,1,5-10H2,2-3H3,(H,14,18)(H,16,17). The Balaban J connectivity index is 3.73. The van der Waals surface area contributed by atoms with Gasteiger partial charge in [-0.2, -0.15) is 0 Å². The van der Waals surface area contributed by atoms with Crippen LogP contribution in [0.3, 0.4) is 0 Å². The fraction of sp³-hybridized carbons (Fsp3) is 0.692. The van der Waals surface area contributed by atoms with E-state index in [-0.39, 0.29) is 18.4 Å². The summed E-state index contributed by atoms with van der Waals surface area (Å²) in [6.45, 7) is 6.77. The van der Waals surface area contributed by atoms with E-state index in [1.54, 1.807) is 11.9 Å². The number of urea groups is 1. The van der Waals surface area contributed by atoms with Gasteiger partial charge in [0.2, 0.25) is 0 Å². The van der Waals surface area contributed by atoms with E-state index in [0.29, 0.717) is 19.5 Å². The molecule has 0 spiro atoms. The number of allylic oxidation sites excluding steroid dienone is 1. The summed E-state index contributed by atoms with van der Waals surface area (Å²) in [5.41, 5.74) is 0. The average molecular weight is 256 g/mol. The van der Waals surface area contributed by atoms with Crippen LogP contribution in [0.2, 0.25) is 0 Å². The van der Waals surface area contributed by atoms with E-state index in [0.717, 1.165) is 12.8 Å². The van der Waals surface area contributed by atoms with Crippen LogP contribution in [0, 0.1) is 5.92 Å². The van der Waals surface area contributed by atoms with Gasteiger partial charge in [-0.05, 0) is 25.2 Å². The third-order valence-corrected chi connectivity index (χ3v) is 2.70. The average Bonchev–Trinajstić information content (AvgIpc) is 2.33. The van der Waals surface area contributed by atoms with Crippen LogP contribution >= 0.6 is 0 Å². The molecule has 0 heterocycles. The fourth-order valence-electron chi connectivity index (χ4n) is 1.44. The molecule has 18 heavy (non-hydrogen) atoms. The lowest BCUT2D eigenvalue weighted by atomic mass is 10.1. The Morgan fingerprint density at radius 1 is 1.50 bits per heavy atom. The summed E-state index contributed by atoms with van der Waals surface area (Å²) in [6, 6.07) is -0.110. The van der Waals surface area contributed by atoms with Gasteiger partial charge in [0.05, 0.1) is 0 Å². The van der Waals surface area contributed by atoms with Gasteiger partial charge in [-0.1, -0.05) is 13.0 Å². The molecule has 5 nitrogen and oxygen atoms in total. The zero-order chi connectivity index (χ0) is 14.0. The van der Waals surface area contributed by atoms with Gasteiger partial charge in [-0.3, -0.25) is 4.79 Å². The lowest BCUT2D eigenvalue weighted by Crippen LogP contribution is -2.39. The maximum atomic E-state index is 11.7. The van der Waals surface area contributed by atoms with Crippen molar-refractivity contribution in [2.24, 2.45) is 5.92 Å². The number of unbranched alkanes of at least 4 members (excludes halogenated alkanes) is 1. The monoisotopic (exact) mass is 256 g/mol. The van der Waals surface area contributed by atoms with E-state index < -0.39 is 5.97 Å². The number of carboxylic acids is 1. The Bertz CT molecular complexity index is 279. The minimum atomic E-state index is -0.797. The predicted molar refractivity (Wildman–Crippen MR) is 71.5 cm³/mol. The van der Waals surface area contributed by atoms with Gasteiger partial charge >= 0.3 is 12.0 Å². The molecule has 5 heteroatoms. The summed E-state index contributed by atoms with van der Waals surface area (Å²) in [6.07, 6.45) is 4.36. The first kappa shape index (κ1) is 16.5. The summed E-state index contributed by atoms with van der Waals surface area (Å²) < 4.78 is 0. The van der Waals surface area contributed by atoms with Crippen LogP contribution < -0.4 is 5.32 Å². The highest BCUT2D eigenvalue weighted by atomic mass is 16.4. The van der Waals surface area contributed by atoms with Crippen LogP contribution in [-0.4, -0.2) is 42.1 Å². The lowest BCUT2D eigenvalue weighted by Gasteiger charge is -2.19. The molecule has 2 N–H and O–H groups in total. The van der Waals surface area contributed by atoms with Gasteiger partial charge in [0.25, 0.3) is 0 Å². The molecule has 0 radical (unpaired) electrons. The molecule has 0 bridgehead atoms. The fourth-order valence-corrected chi connectivity index (χ4v) is 1.44. The quantitative estimate of drug-likeness (QED) is 0.490. The van der Waals surface area contributed by atoms with Gasteiger partial charge in [0, 0.05) is 26.6 Å². The first-order valence-corrected chi connectivity index (χ1v) is 6.29. The Hall–Kier alpha value is -1.52. The first-order chi connectivity index (χ1) is 8.47. The first-order valence-electron chi connectivity index (χ1n) is 6.29. The zero-order valence-electron chi connectivity index (χ0n) is 11.3. The molecule has 104 valence electrons. The Morgan fingerprint density at radius 3 is 2.72 bits per heavy atom. The lowest BCUT2D eigenvalue weighted by molar-refractivity contribution is -0.137. The van der Waals surface area contributed by atoms with Crippen molar-refractivity contribution in [2.75, 3.05) is 20.1 Å². The smallest absolute Gasteiger partial charge is 0.317 e. The summed E-state index contributed by atoms with van der Waals surface area (Å²) >= 11 is 0. The molecule has 0 aromatic rings. The third kappa shape index (κ3) is 8.61. The molecule has 0 fully saturated rings. The van der Waals surface area contributed by atoms with Crippen molar-refractivity contribution >= 4 is 12.0 Å². The van der Waals surface area contributed by atoms with E-state index in [9.17, 15) is 9.59 Å². The number of carbonyl (C=O) groups is 2. The summed E-state index contributed by atoms with van der Waals surface area (Å²) in [7, 11) is 1.75. The van der Waals surface area contributed by atoms with E-state index in [4.69, 9.17) is 5.11 Å². The molecule has 0 aromatic carbocycles. The van der Waals surface area contributed by atoms with Crippen molar-refractivity contribution in [3.8, 4) is 0 Å². The summed E-state index contributed by atoms with van der Waals surface area (Å²) in [5, 5.41) is 11.3. The molecule has 0 aromatic heterocycles. The molecule has 0 rings (SSSR count). The largest absolute Gasteiger partial charge is 0.481 e. The predicted octanol–water partition coefficient (Wildman–Crippen LogP) is 2.09. The van der Waals surface area contributed by atoms with Crippen molar-refractivity contribution < 1.29 is 14.7 Å². The molecule has 2 amide bonds. The second-order valence-electron chi connectivity index (χ2n) is 4.58. The maximum Gasteiger partial charge on any atom is 0.317 e. The Labute approximate surface area is 109 Å². The maximum absolute atomic E-state index is 11.7. The number of carbonyl (C=O) groups excluding carboxylic acids is 1. The second kappa shape index (κ2) is 9.50. The Morgan fingerprint density at radius 2 is 2.17 bits per heavy atom. The number of nitrogens with zero attached hydrogens (tertiary/aromatic N) is 1. The zero-order valence-corrected chi connectivity index (χ0v) is 11.3. The van der Waals surface area contributed by atoms with E-state index in [1.807, 2.05) is 13.0 Å². The topological polar surface area (TPSA) is 69.6 Å². The number of hydrogen-bond acceptors (Lipinski definition) is 2. The van der Waals surface area contributed by atoms with Gasteiger partial charge in [0.1, 0.15) is 0 Å². The molecule has 0 saturated heterocycles. The highest BCUT2D eigenvalue weighted by Gasteiger charge is 2.10. The minimum absolute atomic E-state index is 0.110. The van der Waals surface area contributed by atoms with Crippen molar-refractivity contribution in [2.45, 2.75) is 32.6 Å². The Kier molecular flexibility index (Phi) is 8.70. The van der Waals surface area contributed by atoms with Crippen LogP contribution in [0.1, 0.15) is 32.6 Å². The molecule has 0 aliphatic heterocycles. The van der Waals surface area contributed by atoms with Crippen LogP contribution in [-0.2, 0) is 4.79 Å². The number of carboxylic acid groups (broad SMARTS) is 1. The van der Waals surface area contributed by atoms with Crippen LogP contribution in [0.5, 0.6) is 0 Å². The normalized spacial score (nSPS) is 11.7. The van der Waals surface area contributed by atoms with Crippen LogP contribution in [0.25, 0.3) is 0 Å². The van der Waals surface area contributed by atoms with Crippen LogP contribution in [0.4, 0.5) is 4.79 Å². The second-order valence-corrected chi connectivity index (χ2v) is 4.58. The molecular formula is C13H24N2O3. The number of rotatable bonds is 9. The van der Waals surface area contributed by atoms with E-state index in [2.05, 4.69) is 11.9 Å². The number of aliphatic carboxylic acids is 1.